The third-order valence-electron chi connectivity index (χ3n) is 5.52. The summed E-state index contributed by atoms with van der Waals surface area (Å²) in [6.45, 7) is 2.60. The predicted molar refractivity (Wildman–Crippen MR) is 132 cm³/mol. The summed E-state index contributed by atoms with van der Waals surface area (Å²) in [4.78, 5) is 4.21. The molecule has 0 aliphatic rings. The molecule has 0 aliphatic heterocycles. The Balaban J connectivity index is 1.74. The van der Waals surface area contributed by atoms with Crippen LogP contribution in [0.2, 0.25) is 0 Å². The molecule has 7 nitrogen and oxygen atoms in total. The molecule has 0 radical (unpaired) electrons. The van der Waals surface area contributed by atoms with Gasteiger partial charge in [0.05, 0.1) is 40.1 Å². The summed E-state index contributed by atoms with van der Waals surface area (Å²) in [6, 6.07) is 10.6. The summed E-state index contributed by atoms with van der Waals surface area (Å²) in [6.07, 6.45) is -6.31. The zero-order chi connectivity index (χ0) is 28.6. The average Bonchev–Trinajstić information content (AvgIpc) is 3.29. The van der Waals surface area contributed by atoms with Gasteiger partial charge in [-0.15, -0.1) is 0 Å². The molecule has 0 amide bonds. The number of sulfonamides is 1. The van der Waals surface area contributed by atoms with Crippen LogP contribution in [0.3, 0.4) is 0 Å². The lowest BCUT2D eigenvalue weighted by Crippen LogP contribution is -2.46. The van der Waals surface area contributed by atoms with Gasteiger partial charge in [-0.3, -0.25) is 0 Å². The molecule has 13 heteroatoms. The van der Waals surface area contributed by atoms with Gasteiger partial charge in [0.2, 0.25) is 10.0 Å². The highest BCUT2D eigenvalue weighted by atomic mass is 32.2. The molecule has 39 heavy (non-hydrogen) atoms. The number of aromatic nitrogens is 3. The van der Waals surface area contributed by atoms with E-state index in [0.29, 0.717) is 0 Å². The van der Waals surface area contributed by atoms with Gasteiger partial charge in [0, 0.05) is 11.1 Å². The Morgan fingerprint density at radius 1 is 1.05 bits per heavy atom. The lowest BCUT2D eigenvalue weighted by Gasteiger charge is -2.23. The van der Waals surface area contributed by atoms with Crippen molar-refractivity contribution < 1.29 is 35.5 Å². The van der Waals surface area contributed by atoms with Gasteiger partial charge in [-0.1, -0.05) is 30.0 Å². The van der Waals surface area contributed by atoms with Crippen LogP contribution in [0.25, 0.3) is 16.9 Å². The molecule has 0 fully saturated rings. The summed E-state index contributed by atoms with van der Waals surface area (Å²) in [5, 5.41) is 13.3. The van der Waals surface area contributed by atoms with E-state index >= 15 is 0 Å². The molecule has 4 rings (SSSR count). The quantitative estimate of drug-likeness (QED) is 0.259. The van der Waals surface area contributed by atoms with Gasteiger partial charge >= 0.3 is 6.18 Å². The van der Waals surface area contributed by atoms with E-state index in [2.05, 4.69) is 26.6 Å². The zero-order valence-corrected chi connectivity index (χ0v) is 21.3. The minimum absolute atomic E-state index is 0.000683. The molecule has 0 aliphatic carbocycles. The van der Waals surface area contributed by atoms with Crippen LogP contribution in [-0.4, -0.2) is 40.3 Å². The molecule has 0 atom stereocenters. The van der Waals surface area contributed by atoms with E-state index in [-0.39, 0.29) is 32.9 Å². The van der Waals surface area contributed by atoms with Crippen molar-refractivity contribution in [3.05, 3.63) is 83.2 Å². The van der Waals surface area contributed by atoms with E-state index in [1.807, 2.05) is 0 Å². The summed E-state index contributed by atoms with van der Waals surface area (Å²) in [5.74, 6) is 5.51. The first kappa shape index (κ1) is 28.2. The number of rotatable bonds is 6. The largest absolute Gasteiger partial charge is 0.416 e. The fraction of sp³-hybridized carbons (Fsp3) is 0.231. The maximum absolute atomic E-state index is 13.8. The van der Waals surface area contributed by atoms with E-state index in [4.69, 9.17) is 0 Å². The van der Waals surface area contributed by atoms with Crippen molar-refractivity contribution in [2.75, 3.05) is 6.61 Å². The number of alkyl halides is 5. The highest BCUT2D eigenvalue weighted by Crippen LogP contribution is 2.32. The SMILES string of the molecule is CC(C)(CO)NS(=O)(=O)c1cccc(C#Cc2cnn3c(C(F)F)cc(-c4ccc(C(F)(F)F)cc4)nc23)c1. The fourth-order valence-corrected chi connectivity index (χ4v) is 4.99. The van der Waals surface area contributed by atoms with Gasteiger partial charge in [-0.2, -0.15) is 18.3 Å². The van der Waals surface area contributed by atoms with Crippen LogP contribution in [0.15, 0.2) is 65.7 Å². The van der Waals surface area contributed by atoms with Crippen LogP contribution in [0, 0.1) is 11.8 Å². The Bertz CT molecular complexity index is 1690. The maximum atomic E-state index is 13.8. The molecular formula is C26H21F5N4O3S. The fourth-order valence-electron chi connectivity index (χ4n) is 3.54. The molecule has 0 bridgehead atoms. The number of fused-ring (bicyclic) bond motifs is 1. The van der Waals surface area contributed by atoms with E-state index in [0.717, 1.165) is 34.8 Å². The number of aliphatic hydroxyl groups is 1. The zero-order valence-electron chi connectivity index (χ0n) is 20.5. The van der Waals surface area contributed by atoms with E-state index in [9.17, 15) is 35.5 Å². The summed E-state index contributed by atoms with van der Waals surface area (Å²) in [7, 11) is -3.98. The molecule has 204 valence electrons. The summed E-state index contributed by atoms with van der Waals surface area (Å²) in [5.41, 5.74) is -1.97. The Kier molecular flexibility index (Phi) is 7.48. The standard InChI is InChI=1S/C26H21F5N4O3S/c1-25(2,15-36)34-39(37,38)20-5-3-4-16(12-20)6-7-18-14-32-35-22(23(27)28)13-21(33-24(18)35)17-8-10-19(11-9-17)26(29,30)31/h3-5,8-14,23,34,36H,15H2,1-2H3. The third kappa shape index (κ3) is 6.25. The second-order valence-electron chi connectivity index (χ2n) is 9.16. The van der Waals surface area contributed by atoms with Crippen LogP contribution in [0.5, 0.6) is 0 Å². The minimum atomic E-state index is -4.56. The van der Waals surface area contributed by atoms with Crippen LogP contribution in [0.1, 0.15) is 42.7 Å². The number of hydrogen-bond acceptors (Lipinski definition) is 5. The number of aliphatic hydroxyl groups excluding tert-OH is 1. The van der Waals surface area contributed by atoms with Crippen LogP contribution >= 0.6 is 0 Å². The predicted octanol–water partition coefficient (Wildman–Crippen LogP) is 4.80. The topological polar surface area (TPSA) is 96.6 Å². The van der Waals surface area contributed by atoms with Crippen LogP contribution in [0.4, 0.5) is 22.0 Å². The monoisotopic (exact) mass is 564 g/mol. The molecule has 0 spiro atoms. The van der Waals surface area contributed by atoms with Gasteiger partial charge in [-0.25, -0.2) is 31.4 Å². The number of benzene rings is 2. The number of nitrogens with one attached hydrogen (secondary N) is 1. The first-order valence-electron chi connectivity index (χ1n) is 11.3. The van der Waals surface area contributed by atoms with Crippen molar-refractivity contribution in [3.8, 4) is 23.1 Å². The van der Waals surface area contributed by atoms with Gasteiger partial charge in [0.15, 0.2) is 5.65 Å². The highest BCUT2D eigenvalue weighted by molar-refractivity contribution is 7.89. The van der Waals surface area contributed by atoms with Crippen molar-refractivity contribution in [1.82, 2.24) is 19.3 Å². The first-order chi connectivity index (χ1) is 18.2. The second kappa shape index (κ2) is 10.4. The van der Waals surface area contributed by atoms with Crippen molar-refractivity contribution in [3.63, 3.8) is 0 Å². The molecule has 0 saturated carbocycles. The maximum Gasteiger partial charge on any atom is 0.416 e. The van der Waals surface area contributed by atoms with E-state index in [1.165, 1.54) is 38.2 Å². The van der Waals surface area contributed by atoms with E-state index < -0.39 is 46.0 Å². The highest BCUT2D eigenvalue weighted by Gasteiger charge is 2.30. The number of hydrogen-bond donors (Lipinski definition) is 2. The van der Waals surface area contributed by atoms with Crippen LogP contribution < -0.4 is 4.72 Å². The second-order valence-corrected chi connectivity index (χ2v) is 10.8. The molecule has 2 N–H and O–H groups in total. The van der Waals surface area contributed by atoms with E-state index in [1.54, 1.807) is 6.07 Å². The smallest absolute Gasteiger partial charge is 0.394 e. The molecular weight excluding hydrogens is 543 g/mol. The number of nitrogens with zero attached hydrogens (tertiary/aromatic N) is 3. The summed E-state index contributed by atoms with van der Waals surface area (Å²) >= 11 is 0. The Hall–Kier alpha value is -3.86. The van der Waals surface area contributed by atoms with Gasteiger partial charge < -0.3 is 5.11 Å². The molecule has 0 saturated heterocycles. The Morgan fingerprint density at radius 3 is 2.36 bits per heavy atom. The normalized spacial score (nSPS) is 12.5. The molecule has 4 aromatic rings. The third-order valence-corrected chi connectivity index (χ3v) is 7.22. The first-order valence-corrected chi connectivity index (χ1v) is 12.8. The summed E-state index contributed by atoms with van der Waals surface area (Å²) < 4.78 is 95.1. The van der Waals surface area contributed by atoms with Crippen LogP contribution in [-0.2, 0) is 16.2 Å². The van der Waals surface area contributed by atoms with Gasteiger partial charge in [-0.05, 0) is 50.2 Å². The lowest BCUT2D eigenvalue weighted by molar-refractivity contribution is -0.137. The van der Waals surface area contributed by atoms with Crippen molar-refractivity contribution in [2.45, 2.75) is 36.9 Å². The molecule has 2 heterocycles. The van der Waals surface area contributed by atoms with Crippen molar-refractivity contribution in [2.24, 2.45) is 0 Å². The lowest BCUT2D eigenvalue weighted by atomic mass is 10.1. The number of halogens is 5. The molecule has 0 unspecified atom stereocenters. The van der Waals surface area contributed by atoms with Crippen molar-refractivity contribution >= 4 is 15.7 Å². The Morgan fingerprint density at radius 2 is 1.74 bits per heavy atom. The molecule has 2 aromatic carbocycles. The van der Waals surface area contributed by atoms with Gasteiger partial charge in [0.25, 0.3) is 6.43 Å². The van der Waals surface area contributed by atoms with Crippen molar-refractivity contribution in [1.29, 1.82) is 0 Å². The molecule has 2 aromatic heterocycles. The van der Waals surface area contributed by atoms with Gasteiger partial charge in [0.1, 0.15) is 5.69 Å². The Labute approximate surface area is 220 Å². The average molecular weight is 565 g/mol. The minimum Gasteiger partial charge on any atom is -0.394 e.